The average Bonchev–Trinajstić information content (AvgIpc) is 2.87. The van der Waals surface area contributed by atoms with Crippen molar-refractivity contribution in [2.45, 2.75) is 20.4 Å². The van der Waals surface area contributed by atoms with E-state index in [1.807, 2.05) is 12.1 Å². The maximum atomic E-state index is 12.3. The number of benzene rings is 1. The molecule has 0 radical (unpaired) electrons. The number of nitrogens with zero attached hydrogens (tertiary/aromatic N) is 3. The van der Waals surface area contributed by atoms with Crippen LogP contribution in [0.4, 0.5) is 0 Å². The van der Waals surface area contributed by atoms with Gasteiger partial charge in [0, 0.05) is 31.0 Å². The summed E-state index contributed by atoms with van der Waals surface area (Å²) in [6.45, 7) is 5.07. The number of hydrogen-bond acceptors (Lipinski definition) is 3. The summed E-state index contributed by atoms with van der Waals surface area (Å²) in [5.41, 5.74) is 10.3. The second-order valence-electron chi connectivity index (χ2n) is 5.26. The molecule has 2 N–H and O–H groups in total. The molecule has 0 amide bonds. The standard InChI is InChI=1S/C16H18N4O/c1-11-3-4-13(12(2)9-11)14-10-15-16(21)19(6-5-17)7-8-20(15)18-14/h3-4,7-10H,5-6,17H2,1-2H3. The summed E-state index contributed by atoms with van der Waals surface area (Å²) in [4.78, 5) is 12.3. The van der Waals surface area contributed by atoms with E-state index in [1.54, 1.807) is 21.5 Å². The van der Waals surface area contributed by atoms with Crippen LogP contribution in [0.15, 0.2) is 41.5 Å². The minimum Gasteiger partial charge on any atom is -0.329 e. The zero-order valence-corrected chi connectivity index (χ0v) is 12.2. The molecule has 108 valence electrons. The molecule has 0 fully saturated rings. The first kappa shape index (κ1) is 13.6. The molecule has 0 unspecified atom stereocenters. The Bertz CT molecular complexity index is 860. The lowest BCUT2D eigenvalue weighted by Crippen LogP contribution is -2.24. The van der Waals surface area contributed by atoms with E-state index in [-0.39, 0.29) is 5.56 Å². The van der Waals surface area contributed by atoms with Crippen LogP contribution in [0.1, 0.15) is 11.1 Å². The molecule has 3 rings (SSSR count). The van der Waals surface area contributed by atoms with Crippen molar-refractivity contribution in [3.8, 4) is 11.3 Å². The van der Waals surface area contributed by atoms with E-state index in [2.05, 4.69) is 31.1 Å². The Hall–Kier alpha value is -2.40. The number of rotatable bonds is 3. The van der Waals surface area contributed by atoms with Crippen molar-refractivity contribution in [2.24, 2.45) is 5.73 Å². The molecule has 0 saturated carbocycles. The zero-order valence-electron chi connectivity index (χ0n) is 12.2. The third-order valence-electron chi connectivity index (χ3n) is 3.63. The SMILES string of the molecule is Cc1ccc(-c2cc3c(=O)n(CCN)ccn3n2)c(C)c1. The maximum Gasteiger partial charge on any atom is 0.276 e. The number of aromatic nitrogens is 3. The Labute approximate surface area is 122 Å². The summed E-state index contributed by atoms with van der Waals surface area (Å²) in [5, 5.41) is 4.51. The van der Waals surface area contributed by atoms with E-state index < -0.39 is 0 Å². The predicted molar refractivity (Wildman–Crippen MR) is 83.4 cm³/mol. The lowest BCUT2D eigenvalue weighted by atomic mass is 10.0. The van der Waals surface area contributed by atoms with Crippen molar-refractivity contribution in [1.82, 2.24) is 14.2 Å². The lowest BCUT2D eigenvalue weighted by molar-refractivity contribution is 0.673. The van der Waals surface area contributed by atoms with Gasteiger partial charge in [0.25, 0.3) is 5.56 Å². The summed E-state index contributed by atoms with van der Waals surface area (Å²) >= 11 is 0. The van der Waals surface area contributed by atoms with Crippen LogP contribution in [0.3, 0.4) is 0 Å². The fourth-order valence-corrected chi connectivity index (χ4v) is 2.57. The molecule has 1 aromatic carbocycles. The van der Waals surface area contributed by atoms with Gasteiger partial charge in [-0.2, -0.15) is 5.10 Å². The van der Waals surface area contributed by atoms with Gasteiger partial charge in [0.1, 0.15) is 5.52 Å². The molecule has 21 heavy (non-hydrogen) atoms. The lowest BCUT2D eigenvalue weighted by Gasteiger charge is -2.03. The number of nitrogens with two attached hydrogens (primary N) is 1. The highest BCUT2D eigenvalue weighted by atomic mass is 16.1. The van der Waals surface area contributed by atoms with Gasteiger partial charge in [0.2, 0.25) is 0 Å². The van der Waals surface area contributed by atoms with Gasteiger partial charge < -0.3 is 10.3 Å². The molecule has 5 nitrogen and oxygen atoms in total. The average molecular weight is 282 g/mol. The fourth-order valence-electron chi connectivity index (χ4n) is 2.57. The van der Waals surface area contributed by atoms with Gasteiger partial charge in [-0.25, -0.2) is 4.52 Å². The Morgan fingerprint density at radius 3 is 2.71 bits per heavy atom. The first-order chi connectivity index (χ1) is 10.1. The molecule has 0 aliphatic heterocycles. The van der Waals surface area contributed by atoms with Gasteiger partial charge in [-0.15, -0.1) is 0 Å². The van der Waals surface area contributed by atoms with E-state index in [9.17, 15) is 4.79 Å². The number of aryl methyl sites for hydroxylation is 2. The van der Waals surface area contributed by atoms with E-state index in [1.165, 1.54) is 5.56 Å². The van der Waals surface area contributed by atoms with Crippen molar-refractivity contribution in [2.75, 3.05) is 6.54 Å². The smallest absolute Gasteiger partial charge is 0.276 e. The molecule has 0 saturated heterocycles. The van der Waals surface area contributed by atoms with Crippen LogP contribution in [0.2, 0.25) is 0 Å². The van der Waals surface area contributed by atoms with Gasteiger partial charge >= 0.3 is 0 Å². The second kappa shape index (κ2) is 5.18. The van der Waals surface area contributed by atoms with Crippen LogP contribution < -0.4 is 11.3 Å². The molecular formula is C16H18N4O. The van der Waals surface area contributed by atoms with E-state index in [0.717, 1.165) is 16.8 Å². The van der Waals surface area contributed by atoms with E-state index in [0.29, 0.717) is 18.6 Å². The van der Waals surface area contributed by atoms with Crippen molar-refractivity contribution < 1.29 is 0 Å². The largest absolute Gasteiger partial charge is 0.329 e. The van der Waals surface area contributed by atoms with E-state index in [4.69, 9.17) is 5.73 Å². The second-order valence-corrected chi connectivity index (χ2v) is 5.26. The molecular weight excluding hydrogens is 264 g/mol. The summed E-state index contributed by atoms with van der Waals surface area (Å²) in [5.74, 6) is 0. The first-order valence-corrected chi connectivity index (χ1v) is 6.96. The quantitative estimate of drug-likeness (QED) is 0.795. The van der Waals surface area contributed by atoms with Crippen LogP contribution in [-0.4, -0.2) is 20.7 Å². The van der Waals surface area contributed by atoms with Crippen LogP contribution in [0.25, 0.3) is 16.8 Å². The highest BCUT2D eigenvalue weighted by Gasteiger charge is 2.10. The van der Waals surface area contributed by atoms with Gasteiger partial charge in [-0.05, 0) is 25.5 Å². The van der Waals surface area contributed by atoms with Crippen molar-refractivity contribution in [1.29, 1.82) is 0 Å². The Kier molecular flexibility index (Phi) is 3.35. The molecule has 5 heteroatoms. The summed E-state index contributed by atoms with van der Waals surface area (Å²) in [7, 11) is 0. The number of fused-ring (bicyclic) bond motifs is 1. The van der Waals surface area contributed by atoms with E-state index >= 15 is 0 Å². The number of hydrogen-bond donors (Lipinski definition) is 1. The van der Waals surface area contributed by atoms with Crippen LogP contribution in [0.5, 0.6) is 0 Å². The first-order valence-electron chi connectivity index (χ1n) is 6.96. The molecule has 0 bridgehead atoms. The van der Waals surface area contributed by atoms with Crippen LogP contribution in [-0.2, 0) is 6.54 Å². The summed E-state index contributed by atoms with van der Waals surface area (Å²) in [6, 6.07) is 8.06. The highest BCUT2D eigenvalue weighted by Crippen LogP contribution is 2.23. The molecule has 0 atom stereocenters. The summed E-state index contributed by atoms with van der Waals surface area (Å²) < 4.78 is 3.24. The van der Waals surface area contributed by atoms with Crippen LogP contribution >= 0.6 is 0 Å². The normalized spacial score (nSPS) is 11.2. The topological polar surface area (TPSA) is 65.3 Å². The zero-order chi connectivity index (χ0) is 15.0. The van der Waals surface area contributed by atoms with Gasteiger partial charge in [-0.3, -0.25) is 4.79 Å². The molecule has 0 aliphatic rings. The van der Waals surface area contributed by atoms with Crippen LogP contribution in [0, 0.1) is 13.8 Å². The Morgan fingerprint density at radius 1 is 1.19 bits per heavy atom. The third kappa shape index (κ3) is 2.36. The van der Waals surface area contributed by atoms with Crippen molar-refractivity contribution in [3.63, 3.8) is 0 Å². The van der Waals surface area contributed by atoms with Gasteiger partial charge in [0.15, 0.2) is 0 Å². The molecule has 0 aliphatic carbocycles. The Balaban J connectivity index is 2.17. The fraction of sp³-hybridized carbons (Fsp3) is 0.250. The molecule has 0 spiro atoms. The highest BCUT2D eigenvalue weighted by molar-refractivity contribution is 5.68. The molecule has 3 aromatic rings. The Morgan fingerprint density at radius 2 is 2.00 bits per heavy atom. The van der Waals surface area contributed by atoms with Crippen molar-refractivity contribution >= 4 is 5.52 Å². The molecule has 2 aromatic heterocycles. The predicted octanol–water partition coefficient (Wildman–Crippen LogP) is 1.74. The van der Waals surface area contributed by atoms with Crippen molar-refractivity contribution in [3.05, 3.63) is 58.1 Å². The molecule has 2 heterocycles. The van der Waals surface area contributed by atoms with Gasteiger partial charge in [0.05, 0.1) is 5.69 Å². The van der Waals surface area contributed by atoms with Gasteiger partial charge in [-0.1, -0.05) is 23.8 Å². The maximum absolute atomic E-state index is 12.3. The summed E-state index contributed by atoms with van der Waals surface area (Å²) in [6.07, 6.45) is 3.51. The minimum absolute atomic E-state index is 0.0635. The third-order valence-corrected chi connectivity index (χ3v) is 3.63. The monoisotopic (exact) mass is 282 g/mol. The minimum atomic E-state index is -0.0635.